The third-order valence-electron chi connectivity index (χ3n) is 2.14. The van der Waals surface area contributed by atoms with Crippen molar-refractivity contribution in [2.24, 2.45) is 5.84 Å². The summed E-state index contributed by atoms with van der Waals surface area (Å²) in [6.45, 7) is 0. The monoisotopic (exact) mass is 186 g/mol. The molecule has 0 radical (unpaired) electrons. The molecule has 0 atom stereocenters. The predicted octanol–water partition coefficient (Wildman–Crippen LogP) is 1.68. The maximum absolute atomic E-state index is 10.4. The zero-order chi connectivity index (χ0) is 9.97. The molecule has 0 aromatic heterocycles. The smallest absolute Gasteiger partial charge is 0.228 e. The number of carbonyl (C=O) groups excluding carboxylic acids is 1. The summed E-state index contributed by atoms with van der Waals surface area (Å²) in [4.78, 5) is 10.4. The largest absolute Gasteiger partial charge is 0.277 e. The number of hydrogen-bond acceptors (Lipinski definition) is 2. The third kappa shape index (κ3) is 1.45. The fraction of sp³-hybridized carbons (Fsp3) is 0. The number of amides is 1. The van der Waals surface area contributed by atoms with Crippen LogP contribution in [0, 0.1) is 0 Å². The first kappa shape index (κ1) is 8.72. The number of rotatable bonds is 2. The molecule has 0 aliphatic heterocycles. The molecule has 0 unspecified atom stereocenters. The molecule has 0 aliphatic carbocycles. The first-order valence-electron chi connectivity index (χ1n) is 4.29. The van der Waals surface area contributed by atoms with Gasteiger partial charge in [0.05, 0.1) is 5.69 Å². The highest BCUT2D eigenvalue weighted by molar-refractivity contribution is 5.88. The summed E-state index contributed by atoms with van der Waals surface area (Å²) in [7, 11) is 0. The molecule has 70 valence electrons. The molecular weight excluding hydrogens is 176 g/mol. The molecule has 0 saturated carbocycles. The van der Waals surface area contributed by atoms with Crippen molar-refractivity contribution in [3.8, 4) is 0 Å². The highest BCUT2D eigenvalue weighted by atomic mass is 16.1. The van der Waals surface area contributed by atoms with Gasteiger partial charge in [-0.25, -0.2) is 5.84 Å². The molecule has 2 aromatic carbocycles. The van der Waals surface area contributed by atoms with Crippen molar-refractivity contribution in [3.05, 3.63) is 42.5 Å². The van der Waals surface area contributed by atoms with E-state index in [-0.39, 0.29) is 0 Å². The molecule has 0 fully saturated rings. The van der Waals surface area contributed by atoms with E-state index in [1.807, 2.05) is 42.5 Å². The Bertz CT molecular complexity index is 468. The van der Waals surface area contributed by atoms with E-state index < -0.39 is 0 Å². The number of benzene rings is 2. The van der Waals surface area contributed by atoms with Crippen LogP contribution in [-0.4, -0.2) is 6.41 Å². The van der Waals surface area contributed by atoms with Crippen molar-refractivity contribution in [1.29, 1.82) is 0 Å². The normalized spacial score (nSPS) is 10.1. The number of hydrazine groups is 1. The molecule has 2 rings (SSSR count). The van der Waals surface area contributed by atoms with Crippen LogP contribution < -0.4 is 10.9 Å². The third-order valence-corrected chi connectivity index (χ3v) is 2.14. The van der Waals surface area contributed by atoms with Crippen molar-refractivity contribution in [1.82, 2.24) is 0 Å². The fourth-order valence-electron chi connectivity index (χ4n) is 1.40. The van der Waals surface area contributed by atoms with Crippen molar-refractivity contribution < 1.29 is 4.79 Å². The summed E-state index contributed by atoms with van der Waals surface area (Å²) < 4.78 is 0. The Labute approximate surface area is 81.7 Å². The van der Waals surface area contributed by atoms with Crippen LogP contribution in [0.4, 0.5) is 5.69 Å². The minimum absolute atomic E-state index is 0.587. The van der Waals surface area contributed by atoms with Crippen LogP contribution in [0.5, 0.6) is 0 Å². The lowest BCUT2D eigenvalue weighted by atomic mass is 10.1. The fourth-order valence-corrected chi connectivity index (χ4v) is 1.40. The van der Waals surface area contributed by atoms with E-state index in [1.165, 1.54) is 0 Å². The molecule has 14 heavy (non-hydrogen) atoms. The zero-order valence-electron chi connectivity index (χ0n) is 7.55. The van der Waals surface area contributed by atoms with Crippen molar-refractivity contribution in [2.75, 3.05) is 5.01 Å². The number of fused-ring (bicyclic) bond motifs is 1. The summed E-state index contributed by atoms with van der Waals surface area (Å²) in [5, 5.41) is 3.27. The molecule has 2 N–H and O–H groups in total. The summed E-state index contributed by atoms with van der Waals surface area (Å²) in [6.07, 6.45) is 0.587. The van der Waals surface area contributed by atoms with Gasteiger partial charge in [0.25, 0.3) is 0 Å². The van der Waals surface area contributed by atoms with Gasteiger partial charge in [0, 0.05) is 0 Å². The minimum Gasteiger partial charge on any atom is -0.277 e. The standard InChI is InChI=1S/C11H10N2O/c12-13(8-14)11-6-5-9-3-1-2-4-10(9)7-11/h1-8H,12H2. The molecule has 0 spiro atoms. The van der Waals surface area contributed by atoms with Crippen LogP contribution in [0.25, 0.3) is 10.8 Å². The molecule has 0 bridgehead atoms. The van der Waals surface area contributed by atoms with E-state index in [4.69, 9.17) is 5.84 Å². The van der Waals surface area contributed by atoms with Gasteiger partial charge in [0.1, 0.15) is 0 Å². The zero-order valence-corrected chi connectivity index (χ0v) is 7.55. The van der Waals surface area contributed by atoms with Crippen molar-refractivity contribution >= 4 is 22.9 Å². The molecule has 0 aliphatic rings. The number of hydrogen-bond donors (Lipinski definition) is 1. The Balaban J connectivity index is 2.56. The average Bonchev–Trinajstić information content (AvgIpc) is 2.27. The first-order chi connectivity index (χ1) is 6.81. The van der Waals surface area contributed by atoms with E-state index >= 15 is 0 Å². The van der Waals surface area contributed by atoms with Gasteiger partial charge < -0.3 is 0 Å². The summed E-state index contributed by atoms with van der Waals surface area (Å²) in [6, 6.07) is 13.6. The summed E-state index contributed by atoms with van der Waals surface area (Å²) in [5.74, 6) is 5.45. The molecule has 0 heterocycles. The number of nitrogens with zero attached hydrogens (tertiary/aromatic N) is 1. The van der Waals surface area contributed by atoms with Gasteiger partial charge in [0.2, 0.25) is 6.41 Å². The Morgan fingerprint density at radius 1 is 1.07 bits per heavy atom. The highest BCUT2D eigenvalue weighted by Gasteiger charge is 1.99. The Morgan fingerprint density at radius 3 is 2.50 bits per heavy atom. The topological polar surface area (TPSA) is 46.3 Å². The number of carbonyl (C=O) groups is 1. The Kier molecular flexibility index (Phi) is 2.16. The van der Waals surface area contributed by atoms with Gasteiger partial charge in [-0.1, -0.05) is 30.3 Å². The molecular formula is C11H10N2O. The van der Waals surface area contributed by atoms with Gasteiger partial charge in [0.15, 0.2) is 0 Å². The van der Waals surface area contributed by atoms with E-state index in [0.717, 1.165) is 15.8 Å². The van der Waals surface area contributed by atoms with Crippen LogP contribution in [-0.2, 0) is 4.79 Å². The maximum atomic E-state index is 10.4. The van der Waals surface area contributed by atoms with Gasteiger partial charge in [-0.05, 0) is 22.9 Å². The molecule has 0 saturated heterocycles. The van der Waals surface area contributed by atoms with Crippen LogP contribution in [0.1, 0.15) is 0 Å². The van der Waals surface area contributed by atoms with E-state index in [1.54, 1.807) is 0 Å². The molecule has 3 heteroatoms. The second-order valence-corrected chi connectivity index (χ2v) is 3.04. The van der Waals surface area contributed by atoms with Gasteiger partial charge >= 0.3 is 0 Å². The number of anilines is 1. The van der Waals surface area contributed by atoms with Gasteiger partial charge in [-0.3, -0.25) is 9.80 Å². The molecule has 2 aromatic rings. The van der Waals surface area contributed by atoms with E-state index in [2.05, 4.69) is 0 Å². The summed E-state index contributed by atoms with van der Waals surface area (Å²) >= 11 is 0. The summed E-state index contributed by atoms with van der Waals surface area (Å²) in [5.41, 5.74) is 0.693. The van der Waals surface area contributed by atoms with Crippen LogP contribution in [0.15, 0.2) is 42.5 Å². The second-order valence-electron chi connectivity index (χ2n) is 3.04. The Morgan fingerprint density at radius 2 is 1.79 bits per heavy atom. The quantitative estimate of drug-likeness (QED) is 0.335. The second kappa shape index (κ2) is 3.47. The molecule has 3 nitrogen and oxygen atoms in total. The SMILES string of the molecule is NN(C=O)c1ccc2ccccc2c1. The van der Waals surface area contributed by atoms with Crippen LogP contribution >= 0.6 is 0 Å². The maximum Gasteiger partial charge on any atom is 0.228 e. The van der Waals surface area contributed by atoms with Crippen molar-refractivity contribution in [2.45, 2.75) is 0 Å². The van der Waals surface area contributed by atoms with Crippen LogP contribution in [0.3, 0.4) is 0 Å². The average molecular weight is 186 g/mol. The lowest BCUT2D eigenvalue weighted by Gasteiger charge is -2.10. The van der Waals surface area contributed by atoms with Crippen molar-refractivity contribution in [3.63, 3.8) is 0 Å². The van der Waals surface area contributed by atoms with E-state index in [0.29, 0.717) is 12.1 Å². The predicted molar refractivity (Wildman–Crippen MR) is 56.7 cm³/mol. The van der Waals surface area contributed by atoms with Crippen LogP contribution in [0.2, 0.25) is 0 Å². The number of nitrogens with two attached hydrogens (primary N) is 1. The lowest BCUT2D eigenvalue weighted by molar-refractivity contribution is -0.107. The Hall–Kier alpha value is -1.87. The molecule has 1 amide bonds. The first-order valence-corrected chi connectivity index (χ1v) is 4.29. The lowest BCUT2D eigenvalue weighted by Crippen LogP contribution is -2.28. The highest BCUT2D eigenvalue weighted by Crippen LogP contribution is 2.19. The van der Waals surface area contributed by atoms with Gasteiger partial charge in [-0.2, -0.15) is 0 Å². The van der Waals surface area contributed by atoms with Gasteiger partial charge in [-0.15, -0.1) is 0 Å². The minimum atomic E-state index is 0.587. The van der Waals surface area contributed by atoms with E-state index in [9.17, 15) is 4.79 Å².